The maximum Gasteiger partial charge on any atom is 0.305 e. The van der Waals surface area contributed by atoms with Gasteiger partial charge in [-0.15, -0.1) is 0 Å². The summed E-state index contributed by atoms with van der Waals surface area (Å²) in [5.41, 5.74) is 1.17. The first-order chi connectivity index (χ1) is 13.1. The van der Waals surface area contributed by atoms with Crippen LogP contribution in [0, 0.1) is 0 Å². The minimum absolute atomic E-state index is 0.140. The van der Waals surface area contributed by atoms with Crippen LogP contribution in [0.25, 0.3) is 0 Å². The molecule has 6 nitrogen and oxygen atoms in total. The molecule has 7 heteroatoms. The highest BCUT2D eigenvalue weighted by molar-refractivity contribution is 6.30. The molecule has 27 heavy (non-hydrogen) atoms. The molecule has 2 rings (SSSR count). The van der Waals surface area contributed by atoms with E-state index in [-0.39, 0.29) is 5.97 Å². The van der Waals surface area contributed by atoms with Crippen LogP contribution in [0.3, 0.4) is 0 Å². The fraction of sp³-hybridized carbons (Fsp3) is 0.600. The number of halogens is 1. The van der Waals surface area contributed by atoms with Gasteiger partial charge in [0.1, 0.15) is 0 Å². The van der Waals surface area contributed by atoms with E-state index < -0.39 is 0 Å². The average molecular weight is 395 g/mol. The summed E-state index contributed by atoms with van der Waals surface area (Å²) in [7, 11) is 1.43. The summed E-state index contributed by atoms with van der Waals surface area (Å²) in [5.74, 6) is 0.724. The van der Waals surface area contributed by atoms with E-state index in [9.17, 15) is 4.79 Å². The summed E-state index contributed by atoms with van der Waals surface area (Å²) in [4.78, 5) is 18.1. The molecule has 0 saturated carbocycles. The Bertz CT molecular complexity index is 624. The van der Waals surface area contributed by atoms with Crippen molar-refractivity contribution in [2.75, 3.05) is 38.2 Å². The van der Waals surface area contributed by atoms with Crippen LogP contribution >= 0.6 is 11.6 Å². The number of unbranched alkanes of at least 4 members (excludes halogenated alkanes) is 2. The van der Waals surface area contributed by atoms with Gasteiger partial charge in [0.05, 0.1) is 7.11 Å². The molecule has 1 unspecified atom stereocenters. The lowest BCUT2D eigenvalue weighted by Crippen LogP contribution is -2.44. The van der Waals surface area contributed by atoms with Gasteiger partial charge in [-0.3, -0.25) is 9.79 Å². The third-order valence-corrected chi connectivity index (χ3v) is 4.82. The predicted molar refractivity (Wildman–Crippen MR) is 112 cm³/mol. The van der Waals surface area contributed by atoms with E-state index in [4.69, 9.17) is 11.6 Å². The van der Waals surface area contributed by atoms with Gasteiger partial charge < -0.3 is 20.3 Å². The first-order valence-corrected chi connectivity index (χ1v) is 10.1. The Kier molecular flexibility index (Phi) is 9.25. The monoisotopic (exact) mass is 394 g/mol. The normalized spacial score (nSPS) is 17.1. The summed E-state index contributed by atoms with van der Waals surface area (Å²) in [6.45, 7) is 5.59. The summed E-state index contributed by atoms with van der Waals surface area (Å²) < 4.78 is 4.65. The second-order valence-corrected chi connectivity index (χ2v) is 7.14. The molecule has 0 bridgehead atoms. The lowest BCUT2D eigenvalue weighted by Gasteiger charge is -2.20. The summed E-state index contributed by atoms with van der Waals surface area (Å²) in [6, 6.07) is 8.36. The van der Waals surface area contributed by atoms with Gasteiger partial charge in [0.15, 0.2) is 5.96 Å². The molecule has 1 saturated heterocycles. The molecule has 1 atom stereocenters. The topological polar surface area (TPSA) is 66.0 Å². The zero-order chi connectivity index (χ0) is 19.5. The van der Waals surface area contributed by atoms with Crippen LogP contribution in [0.15, 0.2) is 29.3 Å². The number of benzene rings is 1. The van der Waals surface area contributed by atoms with E-state index in [1.807, 2.05) is 18.2 Å². The molecule has 1 heterocycles. The van der Waals surface area contributed by atoms with Crippen LogP contribution in [0.4, 0.5) is 5.69 Å². The molecule has 1 aromatic carbocycles. The first-order valence-electron chi connectivity index (χ1n) is 9.74. The number of anilines is 1. The largest absolute Gasteiger partial charge is 0.469 e. The minimum Gasteiger partial charge on any atom is -0.469 e. The molecular weight excluding hydrogens is 364 g/mol. The quantitative estimate of drug-likeness (QED) is 0.291. The molecule has 0 amide bonds. The second-order valence-electron chi connectivity index (χ2n) is 6.70. The van der Waals surface area contributed by atoms with Gasteiger partial charge in [-0.2, -0.15) is 0 Å². The van der Waals surface area contributed by atoms with Crippen molar-refractivity contribution in [2.24, 2.45) is 4.99 Å². The molecule has 1 aromatic rings. The van der Waals surface area contributed by atoms with E-state index in [0.29, 0.717) is 12.5 Å². The number of guanidine groups is 1. The molecule has 0 aromatic heterocycles. The summed E-state index contributed by atoms with van der Waals surface area (Å²) in [5, 5.41) is 7.63. The Morgan fingerprint density at radius 2 is 2.22 bits per heavy atom. The van der Waals surface area contributed by atoms with Gasteiger partial charge in [-0.25, -0.2) is 0 Å². The number of nitrogens with one attached hydrogen (secondary N) is 2. The number of esters is 1. The number of rotatable bonds is 9. The molecule has 1 aliphatic heterocycles. The van der Waals surface area contributed by atoms with E-state index >= 15 is 0 Å². The molecule has 1 aliphatic rings. The third kappa shape index (κ3) is 7.67. The Morgan fingerprint density at radius 3 is 2.96 bits per heavy atom. The summed E-state index contributed by atoms with van der Waals surface area (Å²) in [6.07, 6.45) is 4.34. The van der Waals surface area contributed by atoms with Gasteiger partial charge in [0.25, 0.3) is 0 Å². The van der Waals surface area contributed by atoms with Gasteiger partial charge >= 0.3 is 5.97 Å². The van der Waals surface area contributed by atoms with Gasteiger partial charge in [0, 0.05) is 49.4 Å². The van der Waals surface area contributed by atoms with Crippen LogP contribution < -0.4 is 15.5 Å². The van der Waals surface area contributed by atoms with Crippen molar-refractivity contribution in [1.82, 2.24) is 10.6 Å². The van der Waals surface area contributed by atoms with Gasteiger partial charge in [0.2, 0.25) is 0 Å². The van der Waals surface area contributed by atoms with E-state index in [2.05, 4.69) is 38.3 Å². The van der Waals surface area contributed by atoms with Gasteiger partial charge in [-0.05, 0) is 44.4 Å². The van der Waals surface area contributed by atoms with Crippen LogP contribution in [-0.2, 0) is 9.53 Å². The standard InChI is InChI=1S/C20H31ClN4O2/c1-3-22-20(23-12-6-4-5-10-19(26)27-2)24-17-11-13-25(15-17)18-9-7-8-16(21)14-18/h7-9,14,17H,3-6,10-13,15H2,1-2H3,(H2,22,23,24). The fourth-order valence-electron chi connectivity index (χ4n) is 3.15. The third-order valence-electron chi connectivity index (χ3n) is 4.58. The van der Waals surface area contributed by atoms with Crippen LogP contribution in [0.1, 0.15) is 39.0 Å². The van der Waals surface area contributed by atoms with Crippen molar-refractivity contribution in [1.29, 1.82) is 0 Å². The van der Waals surface area contributed by atoms with Crippen molar-refractivity contribution in [3.63, 3.8) is 0 Å². The molecular formula is C20H31ClN4O2. The van der Waals surface area contributed by atoms with Crippen molar-refractivity contribution >= 4 is 29.2 Å². The van der Waals surface area contributed by atoms with Crippen LogP contribution in [0.2, 0.25) is 5.02 Å². The Balaban J connectivity index is 1.75. The minimum atomic E-state index is -0.140. The molecule has 0 spiro atoms. The molecule has 2 N–H and O–H groups in total. The smallest absolute Gasteiger partial charge is 0.305 e. The molecule has 0 radical (unpaired) electrons. The SMILES string of the molecule is CCNC(=NCCCCCC(=O)OC)NC1CCN(c2cccc(Cl)c2)C1. The first kappa shape index (κ1) is 21.4. The van der Waals surface area contributed by atoms with Crippen molar-refractivity contribution in [2.45, 2.75) is 45.1 Å². The number of carbonyl (C=O) groups is 1. The fourth-order valence-corrected chi connectivity index (χ4v) is 3.33. The number of ether oxygens (including phenoxy) is 1. The Morgan fingerprint density at radius 1 is 1.37 bits per heavy atom. The highest BCUT2D eigenvalue weighted by Gasteiger charge is 2.23. The average Bonchev–Trinajstić information content (AvgIpc) is 3.13. The number of hydrogen-bond donors (Lipinski definition) is 2. The highest BCUT2D eigenvalue weighted by atomic mass is 35.5. The highest BCUT2D eigenvalue weighted by Crippen LogP contribution is 2.23. The maximum absolute atomic E-state index is 11.1. The molecule has 1 fully saturated rings. The van der Waals surface area contributed by atoms with Crippen molar-refractivity contribution in [3.05, 3.63) is 29.3 Å². The van der Waals surface area contributed by atoms with Crippen LogP contribution in [-0.4, -0.2) is 51.3 Å². The number of nitrogens with zero attached hydrogens (tertiary/aromatic N) is 2. The lowest BCUT2D eigenvalue weighted by molar-refractivity contribution is -0.140. The van der Waals surface area contributed by atoms with Crippen molar-refractivity contribution in [3.8, 4) is 0 Å². The van der Waals surface area contributed by atoms with Crippen molar-refractivity contribution < 1.29 is 9.53 Å². The number of carbonyl (C=O) groups excluding carboxylic acids is 1. The number of hydrogen-bond acceptors (Lipinski definition) is 4. The second kappa shape index (κ2) is 11.7. The summed E-state index contributed by atoms with van der Waals surface area (Å²) >= 11 is 6.11. The Labute approximate surface area is 167 Å². The lowest BCUT2D eigenvalue weighted by atomic mass is 10.2. The Hall–Kier alpha value is -1.95. The zero-order valence-electron chi connectivity index (χ0n) is 16.3. The number of aliphatic imine (C=N–C) groups is 1. The zero-order valence-corrected chi connectivity index (χ0v) is 17.1. The number of methoxy groups -OCH3 is 1. The van der Waals surface area contributed by atoms with E-state index in [1.54, 1.807) is 0 Å². The molecule has 150 valence electrons. The predicted octanol–water partition coefficient (Wildman–Crippen LogP) is 3.21. The van der Waals surface area contributed by atoms with Gasteiger partial charge in [-0.1, -0.05) is 24.1 Å². The molecule has 0 aliphatic carbocycles. The van der Waals surface area contributed by atoms with Crippen LogP contribution in [0.5, 0.6) is 0 Å². The van der Waals surface area contributed by atoms with E-state index in [0.717, 1.165) is 62.8 Å². The van der Waals surface area contributed by atoms with E-state index in [1.165, 1.54) is 12.8 Å². The maximum atomic E-state index is 11.1.